The largest absolute Gasteiger partial charge is 0.384 e. The number of carbonyl (C=O) groups is 1. The van der Waals surface area contributed by atoms with E-state index in [9.17, 15) is 4.79 Å². The quantitative estimate of drug-likeness (QED) is 0.656. The maximum atomic E-state index is 12.2. The van der Waals surface area contributed by atoms with Gasteiger partial charge < -0.3 is 16.4 Å². The molecule has 0 heterocycles. The van der Waals surface area contributed by atoms with Crippen molar-refractivity contribution in [2.24, 2.45) is 5.73 Å². The minimum Gasteiger partial charge on any atom is -0.384 e. The van der Waals surface area contributed by atoms with Gasteiger partial charge in [-0.1, -0.05) is 42.5 Å². The lowest BCUT2D eigenvalue weighted by Crippen LogP contribution is -2.26. The molecule has 4 heteroatoms. The van der Waals surface area contributed by atoms with Gasteiger partial charge in [-0.25, -0.2) is 0 Å². The Morgan fingerprint density at radius 1 is 0.955 bits per heavy atom. The van der Waals surface area contributed by atoms with E-state index in [1.165, 1.54) is 5.56 Å². The fraction of sp³-hybridized carbons (Fsp3) is 0.278. The number of hydrogen-bond acceptors (Lipinski definition) is 3. The molecule has 0 aliphatic heterocycles. The van der Waals surface area contributed by atoms with Gasteiger partial charge in [-0.2, -0.15) is 0 Å². The molecule has 2 aromatic carbocycles. The van der Waals surface area contributed by atoms with Gasteiger partial charge >= 0.3 is 0 Å². The average molecular weight is 297 g/mol. The molecular weight excluding hydrogens is 274 g/mol. The SMILES string of the molecule is NCCCNC(=O)c1ccccc1NCCc1ccccc1. The molecule has 4 nitrogen and oxygen atoms in total. The number of carbonyl (C=O) groups excluding carboxylic acids is 1. The minimum atomic E-state index is -0.0590. The fourth-order valence-corrected chi connectivity index (χ4v) is 2.22. The summed E-state index contributed by atoms with van der Waals surface area (Å²) < 4.78 is 0. The summed E-state index contributed by atoms with van der Waals surface area (Å²) in [6.07, 6.45) is 1.71. The van der Waals surface area contributed by atoms with Gasteiger partial charge in [-0.3, -0.25) is 4.79 Å². The third kappa shape index (κ3) is 4.90. The molecule has 0 bridgehead atoms. The van der Waals surface area contributed by atoms with Gasteiger partial charge in [-0.05, 0) is 37.1 Å². The van der Waals surface area contributed by atoms with Gasteiger partial charge in [0.25, 0.3) is 5.91 Å². The number of rotatable bonds is 8. The van der Waals surface area contributed by atoms with E-state index < -0.39 is 0 Å². The molecule has 0 fully saturated rings. The number of para-hydroxylation sites is 1. The molecule has 22 heavy (non-hydrogen) atoms. The summed E-state index contributed by atoms with van der Waals surface area (Å²) in [5, 5.41) is 6.24. The highest BCUT2D eigenvalue weighted by Gasteiger charge is 2.09. The molecule has 0 spiro atoms. The van der Waals surface area contributed by atoms with Crippen molar-refractivity contribution in [2.45, 2.75) is 12.8 Å². The van der Waals surface area contributed by atoms with E-state index in [4.69, 9.17) is 5.73 Å². The zero-order valence-electron chi connectivity index (χ0n) is 12.7. The van der Waals surface area contributed by atoms with Crippen molar-refractivity contribution in [3.05, 3.63) is 65.7 Å². The molecule has 0 aliphatic carbocycles. The van der Waals surface area contributed by atoms with Crippen molar-refractivity contribution in [1.82, 2.24) is 5.32 Å². The number of nitrogens with two attached hydrogens (primary N) is 1. The van der Waals surface area contributed by atoms with Gasteiger partial charge in [0.1, 0.15) is 0 Å². The highest BCUT2D eigenvalue weighted by atomic mass is 16.1. The van der Waals surface area contributed by atoms with Crippen LogP contribution in [0.3, 0.4) is 0 Å². The molecule has 0 aromatic heterocycles. The van der Waals surface area contributed by atoms with Gasteiger partial charge in [0.15, 0.2) is 0 Å². The third-order valence-corrected chi connectivity index (χ3v) is 3.41. The normalized spacial score (nSPS) is 10.2. The maximum absolute atomic E-state index is 12.2. The van der Waals surface area contributed by atoms with Crippen molar-refractivity contribution in [3.8, 4) is 0 Å². The van der Waals surface area contributed by atoms with Crippen LogP contribution in [0.25, 0.3) is 0 Å². The van der Waals surface area contributed by atoms with Gasteiger partial charge in [0.2, 0.25) is 0 Å². The summed E-state index contributed by atoms with van der Waals surface area (Å²) in [4.78, 5) is 12.2. The van der Waals surface area contributed by atoms with E-state index in [0.29, 0.717) is 18.7 Å². The first-order chi connectivity index (χ1) is 10.8. The van der Waals surface area contributed by atoms with Crippen LogP contribution in [0.4, 0.5) is 5.69 Å². The third-order valence-electron chi connectivity index (χ3n) is 3.41. The van der Waals surface area contributed by atoms with Crippen LogP contribution in [-0.2, 0) is 6.42 Å². The molecule has 0 aliphatic rings. The van der Waals surface area contributed by atoms with Crippen LogP contribution in [0.1, 0.15) is 22.3 Å². The molecule has 1 amide bonds. The molecule has 116 valence electrons. The summed E-state index contributed by atoms with van der Waals surface area (Å²) in [6, 6.07) is 17.9. The van der Waals surface area contributed by atoms with Gasteiger partial charge in [0, 0.05) is 18.8 Å². The summed E-state index contributed by atoms with van der Waals surface area (Å²) in [6.45, 7) is 1.97. The van der Waals surface area contributed by atoms with E-state index in [0.717, 1.165) is 25.1 Å². The van der Waals surface area contributed by atoms with Crippen molar-refractivity contribution < 1.29 is 4.79 Å². The lowest BCUT2D eigenvalue weighted by Gasteiger charge is -2.12. The van der Waals surface area contributed by atoms with E-state index in [2.05, 4.69) is 22.8 Å². The van der Waals surface area contributed by atoms with Crippen LogP contribution in [0.2, 0.25) is 0 Å². The van der Waals surface area contributed by atoms with Crippen LogP contribution in [0.15, 0.2) is 54.6 Å². The average Bonchev–Trinajstić information content (AvgIpc) is 2.56. The lowest BCUT2D eigenvalue weighted by molar-refractivity contribution is 0.0954. The number of nitrogens with one attached hydrogen (secondary N) is 2. The van der Waals surface area contributed by atoms with E-state index in [-0.39, 0.29) is 5.91 Å². The predicted octanol–water partition coefficient (Wildman–Crippen LogP) is 2.42. The van der Waals surface area contributed by atoms with Crippen molar-refractivity contribution in [3.63, 3.8) is 0 Å². The second kappa shape index (κ2) is 8.85. The zero-order chi connectivity index (χ0) is 15.6. The molecule has 0 unspecified atom stereocenters. The number of anilines is 1. The Hall–Kier alpha value is -2.33. The van der Waals surface area contributed by atoms with Crippen LogP contribution in [0.5, 0.6) is 0 Å². The first kappa shape index (κ1) is 16.0. The molecule has 0 atom stereocenters. The molecule has 4 N–H and O–H groups in total. The Morgan fingerprint density at radius 2 is 1.68 bits per heavy atom. The number of hydrogen-bond donors (Lipinski definition) is 3. The lowest BCUT2D eigenvalue weighted by atomic mass is 10.1. The Balaban J connectivity index is 1.92. The molecule has 2 aromatic rings. The Kier molecular flexibility index (Phi) is 6.45. The summed E-state index contributed by atoms with van der Waals surface area (Å²) >= 11 is 0. The van der Waals surface area contributed by atoms with Crippen molar-refractivity contribution in [2.75, 3.05) is 25.0 Å². The molecule has 2 rings (SSSR count). The molecular formula is C18H23N3O. The highest BCUT2D eigenvalue weighted by Crippen LogP contribution is 2.15. The van der Waals surface area contributed by atoms with Crippen molar-refractivity contribution >= 4 is 11.6 Å². The maximum Gasteiger partial charge on any atom is 0.253 e. The van der Waals surface area contributed by atoms with Crippen LogP contribution >= 0.6 is 0 Å². The molecule has 0 radical (unpaired) electrons. The van der Waals surface area contributed by atoms with E-state index in [1.807, 2.05) is 42.5 Å². The van der Waals surface area contributed by atoms with Gasteiger partial charge in [0.05, 0.1) is 5.56 Å². The Bertz CT molecular complexity index is 584. The van der Waals surface area contributed by atoms with Crippen LogP contribution < -0.4 is 16.4 Å². The Morgan fingerprint density at radius 3 is 2.45 bits per heavy atom. The molecule has 0 saturated heterocycles. The Labute approximate surface area is 131 Å². The number of benzene rings is 2. The topological polar surface area (TPSA) is 67.1 Å². The van der Waals surface area contributed by atoms with Crippen LogP contribution in [0, 0.1) is 0 Å². The predicted molar refractivity (Wildman–Crippen MR) is 91.1 cm³/mol. The summed E-state index contributed by atoms with van der Waals surface area (Å²) in [5.74, 6) is -0.0590. The van der Waals surface area contributed by atoms with Crippen LogP contribution in [-0.4, -0.2) is 25.5 Å². The second-order valence-electron chi connectivity index (χ2n) is 5.11. The first-order valence-corrected chi connectivity index (χ1v) is 7.66. The number of amides is 1. The minimum absolute atomic E-state index is 0.0590. The summed E-state index contributed by atoms with van der Waals surface area (Å²) in [7, 11) is 0. The molecule has 0 saturated carbocycles. The highest BCUT2D eigenvalue weighted by molar-refractivity contribution is 5.99. The zero-order valence-corrected chi connectivity index (χ0v) is 12.7. The van der Waals surface area contributed by atoms with E-state index >= 15 is 0 Å². The standard InChI is InChI=1S/C18H23N3O/c19-12-6-13-21-18(22)16-9-4-5-10-17(16)20-14-11-15-7-2-1-3-8-15/h1-5,7-10,20H,6,11-14,19H2,(H,21,22). The van der Waals surface area contributed by atoms with Crippen molar-refractivity contribution in [1.29, 1.82) is 0 Å². The first-order valence-electron chi connectivity index (χ1n) is 7.66. The summed E-state index contributed by atoms with van der Waals surface area (Å²) in [5.41, 5.74) is 8.26. The van der Waals surface area contributed by atoms with Gasteiger partial charge in [-0.15, -0.1) is 0 Å². The smallest absolute Gasteiger partial charge is 0.253 e. The monoisotopic (exact) mass is 297 g/mol. The fourth-order valence-electron chi connectivity index (χ4n) is 2.22. The second-order valence-corrected chi connectivity index (χ2v) is 5.11. The van der Waals surface area contributed by atoms with E-state index in [1.54, 1.807) is 0 Å².